The summed E-state index contributed by atoms with van der Waals surface area (Å²) in [5.41, 5.74) is 0. The van der Waals surface area contributed by atoms with Gasteiger partial charge in [0.1, 0.15) is 0 Å². The Kier molecular flexibility index (Phi) is 7.73. The molecule has 0 amide bonds. The topological polar surface area (TPSA) is 15.8 Å². The van der Waals surface area contributed by atoms with E-state index in [4.69, 9.17) is 0 Å². The predicted octanol–water partition coefficient (Wildman–Crippen LogP) is 6.44. The third-order valence-corrected chi connectivity index (χ3v) is 63.5. The van der Waals surface area contributed by atoms with Crippen molar-refractivity contribution in [2.45, 2.75) is 67.3 Å². The molecule has 0 saturated carbocycles. The van der Waals surface area contributed by atoms with Gasteiger partial charge in [0.25, 0.3) is 0 Å². The zero-order chi connectivity index (χ0) is 16.8. The molecule has 0 unspecified atom stereocenters. The van der Waals surface area contributed by atoms with Crippen LogP contribution in [0.5, 0.6) is 0 Å². The molecule has 0 radical (unpaired) electrons. The molecular weight excluding hydrogens is 432 g/mol. The van der Waals surface area contributed by atoms with Gasteiger partial charge in [-0.15, -0.1) is 24.8 Å². The van der Waals surface area contributed by atoms with Gasteiger partial charge in [0.15, 0.2) is 0 Å². The summed E-state index contributed by atoms with van der Waals surface area (Å²) in [7, 11) is 0. The Hall–Kier alpha value is 0.440. The molecular formula is C19H36Cl2NSiZr. The van der Waals surface area contributed by atoms with Crippen LogP contribution in [0.15, 0.2) is 39.8 Å². The first-order valence-electron chi connectivity index (χ1n) is 8.65. The Balaban J connectivity index is 0.00000264. The molecule has 0 saturated heterocycles. The van der Waals surface area contributed by atoms with Crippen molar-refractivity contribution in [1.82, 2.24) is 4.98 Å². The smallest absolute Gasteiger partial charge is 0.147 e. The second-order valence-electron chi connectivity index (χ2n) is 9.39. The Morgan fingerprint density at radius 3 is 1.83 bits per heavy atom. The number of aromatic amines is 1. The summed E-state index contributed by atoms with van der Waals surface area (Å²) >= 11 is -3.56. The normalized spacial score (nSPS) is 16.9. The molecule has 1 aliphatic rings. The SMILES string of the molecule is C[SiH](C)[Zr]([C]1=CC=CC1)([c]1ccc[nH]1)([C](C)(C)C)[C](C)(C)C.Cl.Cl. The minimum absolute atomic E-state index is 0. The molecule has 0 spiro atoms. The van der Waals surface area contributed by atoms with Gasteiger partial charge in [-0.2, -0.15) is 0 Å². The number of hydrogen-bond acceptors (Lipinski definition) is 0. The van der Waals surface area contributed by atoms with Crippen molar-refractivity contribution >= 4 is 34.1 Å². The molecule has 0 atom stereocenters. The van der Waals surface area contributed by atoms with Gasteiger partial charge >= 0.3 is 139 Å². The molecule has 139 valence electrons. The second kappa shape index (κ2) is 7.59. The van der Waals surface area contributed by atoms with Crippen molar-refractivity contribution in [2.75, 3.05) is 0 Å². The van der Waals surface area contributed by atoms with Crippen LogP contribution in [0.1, 0.15) is 48.0 Å². The fraction of sp³-hybridized carbons (Fsp3) is 0.579. The minimum atomic E-state index is -3.56. The van der Waals surface area contributed by atoms with E-state index >= 15 is 0 Å². The zero-order valence-corrected chi connectivity index (χ0v) is 21.8. The third kappa shape index (κ3) is 2.65. The quantitative estimate of drug-likeness (QED) is 0.492. The molecule has 5 heteroatoms. The second-order valence-corrected chi connectivity index (χ2v) is 43.8. The van der Waals surface area contributed by atoms with E-state index in [1.54, 1.807) is 3.40 Å². The molecule has 0 bridgehead atoms. The molecule has 1 N–H and O–H groups in total. The van der Waals surface area contributed by atoms with Gasteiger partial charge in [0, 0.05) is 0 Å². The first-order chi connectivity index (χ1) is 10.0. The maximum atomic E-state index is 3.75. The Bertz CT molecular complexity index is 590. The average Bonchev–Trinajstić information content (AvgIpc) is 2.97. The Labute approximate surface area is 163 Å². The van der Waals surface area contributed by atoms with E-state index in [9.17, 15) is 0 Å². The number of nitrogens with one attached hydrogen (secondary N) is 1. The fourth-order valence-corrected chi connectivity index (χ4v) is 69.3. The summed E-state index contributed by atoms with van der Waals surface area (Å²) in [5.74, 6) is -0.983. The van der Waals surface area contributed by atoms with Gasteiger partial charge in [-0.1, -0.05) is 0 Å². The van der Waals surface area contributed by atoms with Crippen molar-refractivity contribution in [1.29, 1.82) is 0 Å². The summed E-state index contributed by atoms with van der Waals surface area (Å²) in [6.45, 7) is 20.5. The van der Waals surface area contributed by atoms with Gasteiger partial charge in [-0.25, -0.2) is 0 Å². The Morgan fingerprint density at radius 1 is 1.00 bits per heavy atom. The van der Waals surface area contributed by atoms with Crippen LogP contribution < -0.4 is 3.40 Å². The number of allylic oxidation sites excluding steroid dienone is 4. The molecule has 0 aliphatic heterocycles. The van der Waals surface area contributed by atoms with Gasteiger partial charge in [-0.3, -0.25) is 0 Å². The first-order valence-corrected chi connectivity index (χ1v) is 20.7. The zero-order valence-electron chi connectivity index (χ0n) is 16.6. The molecule has 1 aromatic heterocycles. The van der Waals surface area contributed by atoms with E-state index in [0.29, 0.717) is 6.25 Å². The van der Waals surface area contributed by atoms with E-state index in [1.807, 2.05) is 3.28 Å². The van der Waals surface area contributed by atoms with Crippen molar-refractivity contribution in [3.63, 3.8) is 0 Å². The van der Waals surface area contributed by atoms with Gasteiger partial charge < -0.3 is 0 Å². The molecule has 0 aromatic carbocycles. The van der Waals surface area contributed by atoms with Crippen molar-refractivity contribution in [3.8, 4) is 0 Å². The van der Waals surface area contributed by atoms with Crippen LogP contribution in [0.3, 0.4) is 0 Å². The standard InChI is InChI=1S/C5H5.C4H4N.2C4H9.C2H7Si.2ClH.Zr/c2*1-2-4-5-3-1;2*1-4(2)3;1-3-2;;;/h1-3H,4H2;1-3,5H;2*1-3H3;3H,1-2H3;2*1H;. The maximum absolute atomic E-state index is 3.75. The fourth-order valence-electron chi connectivity index (χ4n) is 6.97. The summed E-state index contributed by atoms with van der Waals surface area (Å²) in [4.78, 5) is 3.75. The largest absolute Gasteiger partial charge is 0.147 e. The number of halogens is 2. The number of aromatic nitrogens is 1. The summed E-state index contributed by atoms with van der Waals surface area (Å²) in [6.07, 6.45) is 10.5. The third-order valence-electron chi connectivity index (χ3n) is 6.87. The molecule has 1 aromatic rings. The average molecular weight is 469 g/mol. The van der Waals surface area contributed by atoms with Crippen molar-refractivity contribution < 1.29 is 17.9 Å². The molecule has 1 nitrogen and oxygen atoms in total. The molecule has 24 heavy (non-hydrogen) atoms. The van der Waals surface area contributed by atoms with Crippen molar-refractivity contribution in [3.05, 3.63) is 39.8 Å². The molecule has 0 fully saturated rings. The first kappa shape index (κ1) is 24.4. The number of hydrogen-bond donors (Lipinski definition) is 1. The molecule has 1 heterocycles. The van der Waals surface area contributed by atoms with E-state index in [2.05, 4.69) is 96.2 Å². The Morgan fingerprint density at radius 2 is 1.54 bits per heavy atom. The van der Waals surface area contributed by atoms with Crippen molar-refractivity contribution in [2.24, 2.45) is 0 Å². The van der Waals surface area contributed by atoms with Crippen LogP contribution >= 0.6 is 24.8 Å². The van der Waals surface area contributed by atoms with E-state index in [-0.39, 0.29) is 24.8 Å². The van der Waals surface area contributed by atoms with Crippen LogP contribution in [0.2, 0.25) is 19.3 Å². The van der Waals surface area contributed by atoms with Gasteiger partial charge in [0.05, 0.1) is 0 Å². The maximum Gasteiger partial charge on any atom is -0.147 e. The van der Waals surface area contributed by atoms with Gasteiger partial charge in [0.2, 0.25) is 0 Å². The van der Waals surface area contributed by atoms with E-state index in [0.717, 1.165) is 0 Å². The van der Waals surface area contributed by atoms with E-state index < -0.39 is 23.9 Å². The summed E-state index contributed by atoms with van der Waals surface area (Å²) < 4.78 is 4.11. The number of H-pyrrole nitrogens is 1. The van der Waals surface area contributed by atoms with E-state index in [1.165, 1.54) is 6.42 Å². The van der Waals surface area contributed by atoms with Crippen LogP contribution in [-0.4, -0.2) is 10.9 Å². The van der Waals surface area contributed by atoms with Crippen LogP contribution in [-0.2, 0) is 17.9 Å². The molecule has 1 aliphatic carbocycles. The van der Waals surface area contributed by atoms with Crippen LogP contribution in [0, 0.1) is 0 Å². The van der Waals surface area contributed by atoms with Gasteiger partial charge in [-0.05, 0) is 0 Å². The number of rotatable bonds is 3. The van der Waals surface area contributed by atoms with Crippen LogP contribution in [0.25, 0.3) is 0 Å². The monoisotopic (exact) mass is 466 g/mol. The minimum Gasteiger partial charge on any atom is -0.147 e. The predicted molar refractivity (Wildman–Crippen MR) is 115 cm³/mol. The summed E-state index contributed by atoms with van der Waals surface area (Å²) in [5, 5.41) is 0. The summed E-state index contributed by atoms with van der Waals surface area (Å²) in [6, 6.07) is 4.65. The van der Waals surface area contributed by atoms with Crippen LogP contribution in [0.4, 0.5) is 0 Å². The molecule has 2 rings (SSSR count).